The number of ether oxygens (including phenoxy) is 2. The number of benzene rings is 2. The Bertz CT molecular complexity index is 1240. The minimum Gasteiger partial charge on any atom is -0.490 e. The summed E-state index contributed by atoms with van der Waals surface area (Å²) < 4.78 is 14.0. The highest BCUT2D eigenvalue weighted by Crippen LogP contribution is 2.33. The Morgan fingerprint density at radius 1 is 0.872 bits per heavy atom. The van der Waals surface area contributed by atoms with Gasteiger partial charge in [0.25, 0.3) is 5.91 Å². The molecule has 6 rings (SSSR count). The maximum Gasteiger partial charge on any atom is 0.255 e. The number of carbonyl (C=O) groups is 3. The number of anilines is 1. The molecular formula is C30H34IN3O5. The summed E-state index contributed by atoms with van der Waals surface area (Å²) >= 11 is 2.31. The number of hydrogen-bond acceptors (Lipinski definition) is 6. The molecular weight excluding hydrogens is 609 g/mol. The predicted octanol–water partition coefficient (Wildman–Crippen LogP) is 4.43. The lowest BCUT2D eigenvalue weighted by atomic mass is 9.94. The van der Waals surface area contributed by atoms with Crippen LogP contribution in [-0.2, 0) is 20.9 Å². The molecule has 2 aromatic carbocycles. The van der Waals surface area contributed by atoms with E-state index < -0.39 is 6.04 Å². The zero-order chi connectivity index (χ0) is 26.9. The summed E-state index contributed by atoms with van der Waals surface area (Å²) in [5.74, 6) is 0.162. The van der Waals surface area contributed by atoms with Gasteiger partial charge in [-0.15, -0.1) is 0 Å². The second-order valence-electron chi connectivity index (χ2n) is 11.0. The summed E-state index contributed by atoms with van der Waals surface area (Å²) in [6.45, 7) is 2.22. The Kier molecular flexibility index (Phi) is 7.79. The first-order chi connectivity index (χ1) is 18.9. The van der Waals surface area contributed by atoms with Crippen LogP contribution >= 0.6 is 22.6 Å². The Hall–Kier alpha value is -2.66. The zero-order valence-electron chi connectivity index (χ0n) is 21.9. The molecule has 206 valence electrons. The summed E-state index contributed by atoms with van der Waals surface area (Å²) in [6, 6.07) is 13.7. The molecule has 39 heavy (non-hydrogen) atoms. The van der Waals surface area contributed by atoms with E-state index in [0.29, 0.717) is 18.5 Å². The van der Waals surface area contributed by atoms with E-state index in [0.717, 1.165) is 68.6 Å². The fourth-order valence-electron chi connectivity index (χ4n) is 6.32. The van der Waals surface area contributed by atoms with Gasteiger partial charge in [0.2, 0.25) is 11.8 Å². The molecule has 8 nitrogen and oxygen atoms in total. The topological polar surface area (TPSA) is 88.2 Å². The number of amides is 3. The van der Waals surface area contributed by atoms with E-state index in [1.165, 1.54) is 3.57 Å². The van der Waals surface area contributed by atoms with Crippen LogP contribution in [0.4, 0.5) is 5.69 Å². The van der Waals surface area contributed by atoms with Crippen LogP contribution in [0.1, 0.15) is 67.3 Å². The van der Waals surface area contributed by atoms with Crippen LogP contribution in [-0.4, -0.2) is 60.1 Å². The highest BCUT2D eigenvalue weighted by Gasteiger charge is 2.39. The van der Waals surface area contributed by atoms with Crippen LogP contribution in [0.5, 0.6) is 5.75 Å². The molecule has 2 saturated heterocycles. The van der Waals surface area contributed by atoms with Crippen molar-refractivity contribution in [2.24, 2.45) is 0 Å². The van der Waals surface area contributed by atoms with Crippen molar-refractivity contribution in [3.05, 3.63) is 57.2 Å². The molecule has 1 unspecified atom stereocenters. The Labute approximate surface area is 242 Å². The molecule has 0 bridgehead atoms. The van der Waals surface area contributed by atoms with E-state index in [1.54, 1.807) is 4.90 Å². The lowest BCUT2D eigenvalue weighted by Gasteiger charge is -2.37. The maximum absolute atomic E-state index is 13.0. The molecule has 3 aliphatic heterocycles. The first kappa shape index (κ1) is 26.6. The van der Waals surface area contributed by atoms with E-state index in [4.69, 9.17) is 9.47 Å². The smallest absolute Gasteiger partial charge is 0.255 e. The molecule has 9 heteroatoms. The Balaban J connectivity index is 1.01. The lowest BCUT2D eigenvalue weighted by molar-refractivity contribution is -0.136. The van der Waals surface area contributed by atoms with Gasteiger partial charge in [-0.05, 0) is 109 Å². The molecule has 0 aromatic heterocycles. The molecule has 3 fully saturated rings. The van der Waals surface area contributed by atoms with E-state index in [2.05, 4.69) is 51.0 Å². The van der Waals surface area contributed by atoms with Crippen molar-refractivity contribution in [2.45, 2.75) is 82.3 Å². The third kappa shape index (κ3) is 5.94. The van der Waals surface area contributed by atoms with Gasteiger partial charge in [0, 0.05) is 47.3 Å². The first-order valence-electron chi connectivity index (χ1n) is 14.0. The Morgan fingerprint density at radius 2 is 1.64 bits per heavy atom. The molecule has 4 aliphatic rings. The molecule has 2 aromatic rings. The zero-order valence-corrected chi connectivity index (χ0v) is 24.1. The normalized spacial score (nSPS) is 26.0. The van der Waals surface area contributed by atoms with Crippen LogP contribution in [0.25, 0.3) is 0 Å². The van der Waals surface area contributed by atoms with Crippen LogP contribution < -0.4 is 15.0 Å². The summed E-state index contributed by atoms with van der Waals surface area (Å²) in [5, 5.41) is 2.37. The summed E-state index contributed by atoms with van der Waals surface area (Å²) in [4.78, 5) is 40.8. The van der Waals surface area contributed by atoms with Gasteiger partial charge in [0.05, 0.1) is 12.2 Å². The van der Waals surface area contributed by atoms with Crippen molar-refractivity contribution >= 4 is 46.0 Å². The molecule has 3 amide bonds. The molecule has 1 aliphatic carbocycles. The van der Waals surface area contributed by atoms with Crippen molar-refractivity contribution in [3.8, 4) is 5.75 Å². The summed E-state index contributed by atoms with van der Waals surface area (Å²) in [5.41, 5.74) is 2.71. The second-order valence-corrected chi connectivity index (χ2v) is 12.3. The quantitative estimate of drug-likeness (QED) is 0.371. The van der Waals surface area contributed by atoms with Crippen LogP contribution in [0, 0.1) is 3.57 Å². The average molecular weight is 644 g/mol. The fraction of sp³-hybridized carbons (Fsp3) is 0.500. The molecule has 1 saturated carbocycles. The van der Waals surface area contributed by atoms with E-state index >= 15 is 0 Å². The van der Waals surface area contributed by atoms with E-state index in [9.17, 15) is 14.4 Å². The van der Waals surface area contributed by atoms with Crippen LogP contribution in [0.3, 0.4) is 0 Å². The average Bonchev–Trinajstić information content (AvgIpc) is 3.26. The SMILES string of the molecule is O=C1CCC(N2Cc3cc(N4CCC(O[C@H]5CCC[C@@H](Oc6ccc(I)cc6)C5)CC4)ccc3C2=O)C(=O)N1. The second kappa shape index (κ2) is 11.4. The van der Waals surface area contributed by atoms with Gasteiger partial charge in [-0.2, -0.15) is 0 Å². The first-order valence-corrected chi connectivity index (χ1v) is 15.1. The number of nitrogens with one attached hydrogen (secondary N) is 1. The van der Waals surface area contributed by atoms with Crippen molar-refractivity contribution in [1.29, 1.82) is 0 Å². The van der Waals surface area contributed by atoms with Gasteiger partial charge in [-0.3, -0.25) is 19.7 Å². The Morgan fingerprint density at radius 3 is 2.41 bits per heavy atom. The number of halogens is 1. The standard InChI is InChI=1S/C30H34IN3O5/c31-20-4-7-22(8-5-20)38-24-2-1-3-25(17-24)39-23-12-14-33(15-13-23)21-6-9-26-19(16-21)18-34(30(26)37)27-10-11-28(35)32-29(27)36/h4-9,16,23-25,27H,1-3,10-15,17-18H2,(H,32,35,36)/t24-,25+,27?/m1/s1. The minimum absolute atomic E-state index is 0.130. The fourth-order valence-corrected chi connectivity index (χ4v) is 6.68. The molecule has 0 radical (unpaired) electrons. The van der Waals surface area contributed by atoms with Crippen molar-refractivity contribution in [1.82, 2.24) is 10.2 Å². The third-order valence-corrected chi connectivity index (χ3v) is 9.11. The van der Waals surface area contributed by atoms with Crippen molar-refractivity contribution in [2.75, 3.05) is 18.0 Å². The monoisotopic (exact) mass is 643 g/mol. The number of nitrogens with zero attached hydrogens (tertiary/aromatic N) is 2. The number of fused-ring (bicyclic) bond motifs is 1. The van der Waals surface area contributed by atoms with Gasteiger partial charge in [0.1, 0.15) is 17.9 Å². The minimum atomic E-state index is -0.583. The van der Waals surface area contributed by atoms with Gasteiger partial charge in [-0.1, -0.05) is 0 Å². The highest BCUT2D eigenvalue weighted by atomic mass is 127. The number of piperidine rings is 2. The van der Waals surface area contributed by atoms with Gasteiger partial charge < -0.3 is 19.3 Å². The number of rotatable bonds is 6. The predicted molar refractivity (Wildman–Crippen MR) is 155 cm³/mol. The van der Waals surface area contributed by atoms with E-state index in [1.807, 2.05) is 24.3 Å². The van der Waals surface area contributed by atoms with Crippen molar-refractivity contribution in [3.63, 3.8) is 0 Å². The van der Waals surface area contributed by atoms with Crippen LogP contribution in [0.2, 0.25) is 0 Å². The van der Waals surface area contributed by atoms with Gasteiger partial charge >= 0.3 is 0 Å². The maximum atomic E-state index is 13.0. The largest absolute Gasteiger partial charge is 0.490 e. The van der Waals surface area contributed by atoms with Crippen molar-refractivity contribution < 1.29 is 23.9 Å². The summed E-state index contributed by atoms with van der Waals surface area (Å²) in [6.07, 6.45) is 7.52. The number of imide groups is 1. The van der Waals surface area contributed by atoms with Gasteiger partial charge in [0.15, 0.2) is 0 Å². The molecule has 1 N–H and O–H groups in total. The molecule has 3 heterocycles. The van der Waals surface area contributed by atoms with E-state index in [-0.39, 0.29) is 42.5 Å². The van der Waals surface area contributed by atoms with Crippen LogP contribution in [0.15, 0.2) is 42.5 Å². The van der Waals surface area contributed by atoms with Gasteiger partial charge in [-0.25, -0.2) is 0 Å². The lowest BCUT2D eigenvalue weighted by Crippen LogP contribution is -2.52. The highest BCUT2D eigenvalue weighted by molar-refractivity contribution is 14.1. The molecule has 0 spiro atoms. The number of carbonyl (C=O) groups excluding carboxylic acids is 3. The molecule has 3 atom stereocenters. The summed E-state index contributed by atoms with van der Waals surface area (Å²) in [7, 11) is 0. The number of hydrogen-bond donors (Lipinski definition) is 1. The third-order valence-electron chi connectivity index (χ3n) is 8.39.